The van der Waals surface area contributed by atoms with E-state index in [1.165, 1.54) is 38.1 Å². The molecule has 0 saturated carbocycles. The third-order valence-corrected chi connectivity index (χ3v) is 5.31. The fraction of sp³-hybridized carbons (Fsp3) is 0.348. The Hall–Kier alpha value is -3.26. The quantitative estimate of drug-likeness (QED) is 0.496. The predicted octanol–water partition coefficient (Wildman–Crippen LogP) is 4.42. The van der Waals surface area contributed by atoms with Crippen molar-refractivity contribution in [2.45, 2.75) is 25.7 Å². The smallest absolute Gasteiger partial charge is 0.315 e. The van der Waals surface area contributed by atoms with E-state index in [1.807, 2.05) is 0 Å². The van der Waals surface area contributed by atoms with Crippen LogP contribution in [0.3, 0.4) is 0 Å². The van der Waals surface area contributed by atoms with Gasteiger partial charge in [0.25, 0.3) is 5.91 Å². The van der Waals surface area contributed by atoms with Crippen molar-refractivity contribution in [3.8, 4) is 11.5 Å². The summed E-state index contributed by atoms with van der Waals surface area (Å²) in [5, 5.41) is 14.0. The van der Waals surface area contributed by atoms with Crippen LogP contribution in [0, 0.1) is 5.82 Å². The van der Waals surface area contributed by atoms with Gasteiger partial charge in [0, 0.05) is 17.8 Å². The minimum Gasteiger partial charge on any atom is -0.403 e. The molecule has 8 heteroatoms. The van der Waals surface area contributed by atoms with Crippen molar-refractivity contribution < 1.29 is 13.6 Å². The minimum atomic E-state index is -0.557. The molecular formula is C23H26FN5O2. The summed E-state index contributed by atoms with van der Waals surface area (Å²) < 4.78 is 19.4. The van der Waals surface area contributed by atoms with Gasteiger partial charge in [-0.3, -0.25) is 4.79 Å². The van der Waals surface area contributed by atoms with Gasteiger partial charge in [-0.1, -0.05) is 17.2 Å². The number of likely N-dealkylation sites (tertiary alicyclic amines) is 1. The monoisotopic (exact) mass is 423 g/mol. The molecule has 7 nitrogen and oxygen atoms in total. The maximum Gasteiger partial charge on any atom is 0.315 e. The summed E-state index contributed by atoms with van der Waals surface area (Å²) in [7, 11) is 0. The van der Waals surface area contributed by atoms with Crippen LogP contribution < -0.4 is 10.6 Å². The van der Waals surface area contributed by atoms with Crippen molar-refractivity contribution in [1.82, 2.24) is 15.1 Å². The highest BCUT2D eigenvalue weighted by Gasteiger charge is 2.13. The first kappa shape index (κ1) is 21.0. The number of carbonyl (C=O) groups excluding carboxylic acids is 1. The average Bonchev–Trinajstić information content (AvgIpc) is 3.47. The molecule has 0 bridgehead atoms. The number of hydrogen-bond donors (Lipinski definition) is 2. The highest BCUT2D eigenvalue weighted by Crippen LogP contribution is 2.22. The van der Waals surface area contributed by atoms with E-state index in [0.717, 1.165) is 31.5 Å². The van der Waals surface area contributed by atoms with Gasteiger partial charge in [-0.2, -0.15) is 0 Å². The lowest BCUT2D eigenvalue weighted by Crippen LogP contribution is -2.20. The fourth-order valence-electron chi connectivity index (χ4n) is 3.61. The molecule has 2 N–H and O–H groups in total. The summed E-state index contributed by atoms with van der Waals surface area (Å²) in [5.41, 5.74) is 1.28. The van der Waals surface area contributed by atoms with Gasteiger partial charge in [0.15, 0.2) is 0 Å². The Bertz CT molecular complexity index is 999. The van der Waals surface area contributed by atoms with Crippen molar-refractivity contribution in [1.29, 1.82) is 0 Å². The fourth-order valence-corrected chi connectivity index (χ4v) is 3.61. The van der Waals surface area contributed by atoms with Crippen LogP contribution in [0.5, 0.6) is 0 Å². The molecule has 31 heavy (non-hydrogen) atoms. The van der Waals surface area contributed by atoms with Crippen LogP contribution in [-0.2, 0) is 0 Å². The van der Waals surface area contributed by atoms with E-state index in [0.29, 0.717) is 17.6 Å². The van der Waals surface area contributed by atoms with Crippen LogP contribution in [-0.4, -0.2) is 47.2 Å². The summed E-state index contributed by atoms with van der Waals surface area (Å²) in [6.07, 6.45) is 4.84. The Labute approximate surface area is 180 Å². The summed E-state index contributed by atoms with van der Waals surface area (Å²) in [4.78, 5) is 14.7. The Morgan fingerprint density at radius 3 is 2.58 bits per heavy atom. The molecule has 2 aromatic carbocycles. The Morgan fingerprint density at radius 1 is 1.03 bits per heavy atom. The number of nitrogens with zero attached hydrogens (tertiary/aromatic N) is 3. The number of unbranched alkanes of at least 4 members (excludes halogenated alkanes) is 1. The van der Waals surface area contributed by atoms with Gasteiger partial charge >= 0.3 is 6.01 Å². The predicted molar refractivity (Wildman–Crippen MR) is 117 cm³/mol. The maximum absolute atomic E-state index is 13.7. The van der Waals surface area contributed by atoms with Crippen LogP contribution in [0.15, 0.2) is 52.9 Å². The molecule has 1 aliphatic rings. The molecule has 1 saturated heterocycles. The number of amides is 1. The zero-order valence-electron chi connectivity index (χ0n) is 17.3. The maximum atomic E-state index is 13.7. The van der Waals surface area contributed by atoms with Crippen LogP contribution in [0.4, 0.5) is 16.1 Å². The number of carbonyl (C=O) groups is 1. The molecule has 0 atom stereocenters. The second-order valence-corrected chi connectivity index (χ2v) is 7.61. The van der Waals surface area contributed by atoms with Gasteiger partial charge < -0.3 is 20.0 Å². The molecule has 1 amide bonds. The highest BCUT2D eigenvalue weighted by molar-refractivity contribution is 6.04. The molecule has 0 spiro atoms. The minimum absolute atomic E-state index is 0.000348. The highest BCUT2D eigenvalue weighted by atomic mass is 19.1. The SMILES string of the molecule is O=C(Nc1ccc(-c2nnc(NCCCCN3CCCC3)o2)cc1)c1ccccc1F. The Morgan fingerprint density at radius 2 is 1.81 bits per heavy atom. The average molecular weight is 423 g/mol. The summed E-state index contributed by atoms with van der Waals surface area (Å²) in [5.74, 6) is -0.662. The summed E-state index contributed by atoms with van der Waals surface area (Å²) >= 11 is 0. The normalized spacial score (nSPS) is 14.0. The molecule has 0 radical (unpaired) electrons. The van der Waals surface area contributed by atoms with Crippen molar-refractivity contribution in [2.24, 2.45) is 0 Å². The number of rotatable bonds is 9. The topological polar surface area (TPSA) is 83.3 Å². The first-order valence-electron chi connectivity index (χ1n) is 10.6. The van der Waals surface area contributed by atoms with Gasteiger partial charge in [-0.05, 0) is 81.7 Å². The molecule has 3 aromatic rings. The molecule has 2 heterocycles. The van der Waals surface area contributed by atoms with Gasteiger partial charge in [0.1, 0.15) is 5.82 Å². The lowest BCUT2D eigenvalue weighted by molar-refractivity contribution is 0.102. The van der Waals surface area contributed by atoms with Crippen molar-refractivity contribution in [3.05, 3.63) is 59.9 Å². The second kappa shape index (κ2) is 10.2. The lowest BCUT2D eigenvalue weighted by atomic mass is 10.1. The van der Waals surface area contributed by atoms with Gasteiger partial charge in [0.2, 0.25) is 5.89 Å². The number of benzene rings is 2. The summed E-state index contributed by atoms with van der Waals surface area (Å²) in [6, 6.07) is 13.2. The standard InChI is InChI=1S/C23H26FN5O2/c24-20-8-2-1-7-19(20)21(30)26-18-11-9-17(10-12-18)22-27-28-23(31-22)25-13-3-4-14-29-15-5-6-16-29/h1-2,7-12H,3-6,13-16H2,(H,25,28)(H,26,30). The molecule has 0 unspecified atom stereocenters. The van der Waals surface area contributed by atoms with Gasteiger partial charge in [-0.25, -0.2) is 4.39 Å². The number of halogens is 1. The van der Waals surface area contributed by atoms with Crippen molar-refractivity contribution in [3.63, 3.8) is 0 Å². The van der Waals surface area contributed by atoms with Crippen LogP contribution in [0.2, 0.25) is 0 Å². The van der Waals surface area contributed by atoms with Crippen LogP contribution in [0.25, 0.3) is 11.5 Å². The number of anilines is 2. The first-order chi connectivity index (χ1) is 15.2. The van der Waals surface area contributed by atoms with E-state index >= 15 is 0 Å². The van der Waals surface area contributed by atoms with E-state index in [2.05, 4.69) is 25.7 Å². The number of hydrogen-bond acceptors (Lipinski definition) is 6. The number of nitrogens with one attached hydrogen (secondary N) is 2. The van der Waals surface area contributed by atoms with Crippen molar-refractivity contribution >= 4 is 17.6 Å². The van der Waals surface area contributed by atoms with E-state index in [9.17, 15) is 9.18 Å². The lowest BCUT2D eigenvalue weighted by Gasteiger charge is -2.13. The van der Waals surface area contributed by atoms with Crippen LogP contribution in [0.1, 0.15) is 36.0 Å². The molecule has 4 rings (SSSR count). The van der Waals surface area contributed by atoms with Gasteiger partial charge in [0.05, 0.1) is 5.56 Å². The van der Waals surface area contributed by atoms with E-state index < -0.39 is 11.7 Å². The molecule has 1 aliphatic heterocycles. The Balaban J connectivity index is 1.26. The third kappa shape index (κ3) is 5.67. The first-order valence-corrected chi connectivity index (χ1v) is 10.6. The Kier molecular flexibility index (Phi) is 6.89. The third-order valence-electron chi connectivity index (χ3n) is 5.31. The molecule has 1 aromatic heterocycles. The molecule has 1 fully saturated rings. The second-order valence-electron chi connectivity index (χ2n) is 7.61. The molecule has 162 valence electrons. The molecule has 0 aliphatic carbocycles. The van der Waals surface area contributed by atoms with E-state index in [1.54, 1.807) is 36.4 Å². The van der Waals surface area contributed by atoms with Gasteiger partial charge in [-0.15, -0.1) is 5.10 Å². The zero-order valence-corrected chi connectivity index (χ0v) is 17.3. The van der Waals surface area contributed by atoms with E-state index in [4.69, 9.17) is 4.42 Å². The number of aromatic nitrogens is 2. The summed E-state index contributed by atoms with van der Waals surface area (Å²) in [6.45, 7) is 4.39. The van der Waals surface area contributed by atoms with Crippen molar-refractivity contribution in [2.75, 3.05) is 36.8 Å². The molecular weight excluding hydrogens is 397 g/mol. The van der Waals surface area contributed by atoms with E-state index in [-0.39, 0.29) is 5.56 Å². The van der Waals surface area contributed by atoms with Crippen LogP contribution >= 0.6 is 0 Å². The largest absolute Gasteiger partial charge is 0.403 e. The zero-order chi connectivity index (χ0) is 21.5.